The molecular weight excluding hydrogens is 162 g/mol. The van der Waals surface area contributed by atoms with Crippen LogP contribution in [-0.2, 0) is 0 Å². The minimum atomic E-state index is -0.00975. The zero-order valence-corrected chi connectivity index (χ0v) is 9.34. The first-order valence-corrected chi connectivity index (χ1v) is 5.45. The number of hydrogen-bond acceptors (Lipinski definition) is 2. The summed E-state index contributed by atoms with van der Waals surface area (Å²) in [5.41, 5.74) is 5.74. The molecule has 0 aliphatic carbocycles. The molecule has 0 aromatic rings. The smallest absolute Gasteiger partial charge is 0.0499 e. The summed E-state index contributed by atoms with van der Waals surface area (Å²) in [6, 6.07) is 0. The molecule has 13 heavy (non-hydrogen) atoms. The van der Waals surface area contributed by atoms with Crippen molar-refractivity contribution in [3.05, 3.63) is 0 Å². The van der Waals surface area contributed by atoms with Gasteiger partial charge in [-0.05, 0) is 18.8 Å². The van der Waals surface area contributed by atoms with Crippen LogP contribution in [0.5, 0.6) is 0 Å². The van der Waals surface area contributed by atoms with Crippen LogP contribution in [0.2, 0.25) is 0 Å². The Morgan fingerprint density at radius 3 is 2.31 bits per heavy atom. The minimum Gasteiger partial charge on any atom is -0.396 e. The average Bonchev–Trinajstić information content (AvgIpc) is 2.17. The molecule has 80 valence electrons. The number of nitrogens with two attached hydrogens (primary N) is 1. The highest BCUT2D eigenvalue weighted by Gasteiger charge is 2.28. The second-order valence-electron chi connectivity index (χ2n) is 4.33. The molecule has 2 unspecified atom stereocenters. The third-order valence-electron chi connectivity index (χ3n) is 3.03. The third kappa shape index (κ3) is 4.10. The third-order valence-corrected chi connectivity index (χ3v) is 3.03. The standard InChI is InChI=1S/C11H25NO/c1-4-6-11(8-12,9-13)7-10(3)5-2/h10,13H,4-9,12H2,1-3H3. The first-order chi connectivity index (χ1) is 6.14. The Morgan fingerprint density at radius 1 is 1.38 bits per heavy atom. The Morgan fingerprint density at radius 2 is 2.00 bits per heavy atom. The highest BCUT2D eigenvalue weighted by molar-refractivity contribution is 4.80. The quantitative estimate of drug-likeness (QED) is 0.641. The topological polar surface area (TPSA) is 46.2 Å². The summed E-state index contributed by atoms with van der Waals surface area (Å²) < 4.78 is 0. The van der Waals surface area contributed by atoms with Gasteiger partial charge in [-0.1, -0.05) is 33.6 Å². The van der Waals surface area contributed by atoms with Gasteiger partial charge in [-0.3, -0.25) is 0 Å². The summed E-state index contributed by atoms with van der Waals surface area (Å²) in [6.07, 6.45) is 4.38. The van der Waals surface area contributed by atoms with E-state index in [1.165, 1.54) is 6.42 Å². The van der Waals surface area contributed by atoms with E-state index in [0.29, 0.717) is 12.5 Å². The normalized spacial score (nSPS) is 18.2. The second-order valence-corrected chi connectivity index (χ2v) is 4.33. The van der Waals surface area contributed by atoms with Gasteiger partial charge >= 0.3 is 0 Å². The summed E-state index contributed by atoms with van der Waals surface area (Å²) in [4.78, 5) is 0. The van der Waals surface area contributed by atoms with E-state index in [1.54, 1.807) is 0 Å². The first kappa shape index (κ1) is 12.9. The lowest BCUT2D eigenvalue weighted by molar-refractivity contribution is 0.0944. The van der Waals surface area contributed by atoms with Gasteiger partial charge in [-0.15, -0.1) is 0 Å². The molecule has 0 aliphatic heterocycles. The van der Waals surface area contributed by atoms with Crippen molar-refractivity contribution >= 4 is 0 Å². The summed E-state index contributed by atoms with van der Waals surface area (Å²) >= 11 is 0. The van der Waals surface area contributed by atoms with Crippen LogP contribution >= 0.6 is 0 Å². The number of hydrogen-bond donors (Lipinski definition) is 2. The van der Waals surface area contributed by atoms with E-state index < -0.39 is 0 Å². The predicted molar refractivity (Wildman–Crippen MR) is 57.6 cm³/mol. The molecule has 2 nitrogen and oxygen atoms in total. The summed E-state index contributed by atoms with van der Waals surface area (Å²) in [6.45, 7) is 7.42. The molecule has 0 saturated carbocycles. The lowest BCUT2D eigenvalue weighted by Gasteiger charge is -2.32. The molecule has 0 saturated heterocycles. The van der Waals surface area contributed by atoms with Crippen LogP contribution in [0.4, 0.5) is 0 Å². The maximum absolute atomic E-state index is 9.37. The van der Waals surface area contributed by atoms with E-state index in [1.807, 2.05) is 0 Å². The lowest BCUT2D eigenvalue weighted by atomic mass is 9.76. The van der Waals surface area contributed by atoms with Gasteiger partial charge in [0.15, 0.2) is 0 Å². The molecule has 0 radical (unpaired) electrons. The van der Waals surface area contributed by atoms with E-state index >= 15 is 0 Å². The minimum absolute atomic E-state index is 0.00975. The maximum atomic E-state index is 9.37. The molecular formula is C11H25NO. The van der Waals surface area contributed by atoms with Crippen molar-refractivity contribution in [1.82, 2.24) is 0 Å². The maximum Gasteiger partial charge on any atom is 0.0499 e. The Kier molecular flexibility index (Phi) is 6.35. The van der Waals surface area contributed by atoms with Crippen molar-refractivity contribution in [2.75, 3.05) is 13.2 Å². The zero-order chi connectivity index (χ0) is 10.3. The Labute approximate surface area is 82.5 Å². The fraction of sp³-hybridized carbons (Fsp3) is 1.00. The molecule has 0 heterocycles. The van der Waals surface area contributed by atoms with Crippen molar-refractivity contribution in [2.24, 2.45) is 17.1 Å². The molecule has 0 aromatic carbocycles. The largest absolute Gasteiger partial charge is 0.396 e. The van der Waals surface area contributed by atoms with E-state index in [9.17, 15) is 5.11 Å². The van der Waals surface area contributed by atoms with Crippen molar-refractivity contribution in [2.45, 2.75) is 46.5 Å². The van der Waals surface area contributed by atoms with Crippen molar-refractivity contribution in [3.8, 4) is 0 Å². The lowest BCUT2D eigenvalue weighted by Crippen LogP contribution is -2.35. The Bertz CT molecular complexity index is 121. The van der Waals surface area contributed by atoms with Crippen LogP contribution < -0.4 is 5.73 Å². The van der Waals surface area contributed by atoms with Crippen molar-refractivity contribution in [3.63, 3.8) is 0 Å². The van der Waals surface area contributed by atoms with Crippen LogP contribution in [0.25, 0.3) is 0 Å². The van der Waals surface area contributed by atoms with E-state index in [0.717, 1.165) is 19.3 Å². The summed E-state index contributed by atoms with van der Waals surface area (Å²) in [5.74, 6) is 0.669. The molecule has 0 amide bonds. The van der Waals surface area contributed by atoms with Gasteiger partial charge in [-0.2, -0.15) is 0 Å². The molecule has 0 bridgehead atoms. The van der Waals surface area contributed by atoms with Crippen LogP contribution in [0.15, 0.2) is 0 Å². The monoisotopic (exact) mass is 187 g/mol. The molecule has 2 heteroatoms. The SMILES string of the molecule is CCCC(CN)(CO)CC(C)CC. The van der Waals surface area contributed by atoms with Crippen LogP contribution in [0, 0.1) is 11.3 Å². The van der Waals surface area contributed by atoms with Crippen LogP contribution in [0.3, 0.4) is 0 Å². The molecule has 0 fully saturated rings. The van der Waals surface area contributed by atoms with Gasteiger partial charge in [0, 0.05) is 18.6 Å². The summed E-state index contributed by atoms with van der Waals surface area (Å²) in [7, 11) is 0. The Hall–Kier alpha value is -0.0800. The molecule has 0 aromatic heterocycles. The van der Waals surface area contributed by atoms with Gasteiger partial charge in [0.1, 0.15) is 0 Å². The van der Waals surface area contributed by atoms with Crippen LogP contribution in [-0.4, -0.2) is 18.3 Å². The average molecular weight is 187 g/mol. The van der Waals surface area contributed by atoms with Crippen LogP contribution in [0.1, 0.15) is 46.5 Å². The molecule has 2 atom stereocenters. The number of rotatable bonds is 7. The van der Waals surface area contributed by atoms with Gasteiger partial charge in [0.25, 0.3) is 0 Å². The molecule has 0 aliphatic rings. The van der Waals surface area contributed by atoms with Gasteiger partial charge < -0.3 is 10.8 Å². The highest BCUT2D eigenvalue weighted by Crippen LogP contribution is 2.31. The first-order valence-electron chi connectivity index (χ1n) is 5.45. The number of aliphatic hydroxyl groups excluding tert-OH is 1. The fourth-order valence-electron chi connectivity index (χ4n) is 1.91. The van der Waals surface area contributed by atoms with Gasteiger partial charge in [0.2, 0.25) is 0 Å². The van der Waals surface area contributed by atoms with E-state index in [4.69, 9.17) is 5.73 Å². The van der Waals surface area contributed by atoms with E-state index in [-0.39, 0.29) is 12.0 Å². The second kappa shape index (κ2) is 6.39. The van der Waals surface area contributed by atoms with E-state index in [2.05, 4.69) is 20.8 Å². The number of aliphatic hydroxyl groups is 1. The molecule has 0 rings (SSSR count). The summed E-state index contributed by atoms with van der Waals surface area (Å²) in [5, 5.41) is 9.37. The fourth-order valence-corrected chi connectivity index (χ4v) is 1.91. The van der Waals surface area contributed by atoms with Gasteiger partial charge in [-0.25, -0.2) is 0 Å². The van der Waals surface area contributed by atoms with Gasteiger partial charge in [0.05, 0.1) is 0 Å². The molecule has 3 N–H and O–H groups in total. The zero-order valence-electron chi connectivity index (χ0n) is 9.34. The van der Waals surface area contributed by atoms with Crippen molar-refractivity contribution < 1.29 is 5.11 Å². The Balaban J connectivity index is 4.19. The highest BCUT2D eigenvalue weighted by atomic mass is 16.3. The molecule has 0 spiro atoms. The predicted octanol–water partition coefficient (Wildman–Crippen LogP) is 2.16. The van der Waals surface area contributed by atoms with Crippen molar-refractivity contribution in [1.29, 1.82) is 0 Å².